The third-order valence-corrected chi connectivity index (χ3v) is 3.70. The van der Waals surface area contributed by atoms with Crippen molar-refractivity contribution in [3.05, 3.63) is 61.9 Å². The monoisotopic (exact) mass is 405 g/mol. The molecule has 0 spiro atoms. The van der Waals surface area contributed by atoms with E-state index < -0.39 is 0 Å². The SMILES string of the molecule is Fc1ccc(NCc2ccc(I)cc2)c(Br)c1. The molecule has 0 saturated heterocycles. The number of halogens is 3. The molecule has 0 amide bonds. The topological polar surface area (TPSA) is 12.0 Å². The molecule has 1 N–H and O–H groups in total. The zero-order valence-corrected chi connectivity index (χ0v) is 12.6. The third kappa shape index (κ3) is 3.67. The normalized spacial score (nSPS) is 10.3. The van der Waals surface area contributed by atoms with Gasteiger partial charge in [0.05, 0.1) is 0 Å². The summed E-state index contributed by atoms with van der Waals surface area (Å²) >= 11 is 5.60. The summed E-state index contributed by atoms with van der Waals surface area (Å²) < 4.78 is 14.9. The van der Waals surface area contributed by atoms with Crippen molar-refractivity contribution in [2.45, 2.75) is 6.54 Å². The van der Waals surface area contributed by atoms with Gasteiger partial charge in [-0.1, -0.05) is 12.1 Å². The van der Waals surface area contributed by atoms with E-state index in [1.54, 1.807) is 6.07 Å². The minimum atomic E-state index is -0.239. The molecule has 0 atom stereocenters. The number of benzene rings is 2. The summed E-state index contributed by atoms with van der Waals surface area (Å²) in [5, 5.41) is 3.26. The Balaban J connectivity index is 2.04. The van der Waals surface area contributed by atoms with E-state index in [-0.39, 0.29) is 5.82 Å². The van der Waals surface area contributed by atoms with E-state index in [1.807, 2.05) is 0 Å². The van der Waals surface area contributed by atoms with Crippen LogP contribution < -0.4 is 5.32 Å². The van der Waals surface area contributed by atoms with Gasteiger partial charge in [0.25, 0.3) is 0 Å². The minimum Gasteiger partial charge on any atom is -0.380 e. The van der Waals surface area contributed by atoms with Crippen LogP contribution in [0.2, 0.25) is 0 Å². The predicted molar refractivity (Wildman–Crippen MR) is 80.6 cm³/mol. The molecular weight excluding hydrogens is 396 g/mol. The van der Waals surface area contributed by atoms with Gasteiger partial charge in [-0.25, -0.2) is 4.39 Å². The summed E-state index contributed by atoms with van der Waals surface area (Å²) in [6, 6.07) is 12.9. The molecular formula is C13H10BrFIN. The number of hydrogen-bond donors (Lipinski definition) is 1. The van der Waals surface area contributed by atoms with Crippen molar-refractivity contribution in [1.29, 1.82) is 0 Å². The second-order valence-electron chi connectivity index (χ2n) is 3.60. The third-order valence-electron chi connectivity index (χ3n) is 2.33. The van der Waals surface area contributed by atoms with Gasteiger partial charge in [0, 0.05) is 20.3 Å². The predicted octanol–water partition coefficient (Wildman–Crippen LogP) is 4.80. The lowest BCUT2D eigenvalue weighted by Crippen LogP contribution is -2.00. The van der Waals surface area contributed by atoms with Crippen LogP contribution in [0.15, 0.2) is 46.9 Å². The highest BCUT2D eigenvalue weighted by atomic mass is 127. The van der Waals surface area contributed by atoms with Gasteiger partial charge in [0.15, 0.2) is 0 Å². The lowest BCUT2D eigenvalue weighted by molar-refractivity contribution is 0.627. The van der Waals surface area contributed by atoms with E-state index in [9.17, 15) is 4.39 Å². The van der Waals surface area contributed by atoms with Gasteiger partial charge in [-0.2, -0.15) is 0 Å². The van der Waals surface area contributed by atoms with Crippen LogP contribution in [0, 0.1) is 9.39 Å². The standard InChI is InChI=1S/C13H10BrFIN/c14-12-7-10(15)3-6-13(12)17-8-9-1-4-11(16)5-2-9/h1-7,17H,8H2. The average molecular weight is 406 g/mol. The molecule has 0 aromatic heterocycles. The maximum absolute atomic E-state index is 12.9. The Labute approximate surface area is 122 Å². The van der Waals surface area contributed by atoms with Crippen LogP contribution in [-0.2, 0) is 6.54 Å². The van der Waals surface area contributed by atoms with E-state index in [4.69, 9.17) is 0 Å². The first-order valence-corrected chi connectivity index (χ1v) is 6.96. The van der Waals surface area contributed by atoms with Crippen molar-refractivity contribution in [2.24, 2.45) is 0 Å². The summed E-state index contributed by atoms with van der Waals surface area (Å²) in [5.74, 6) is -0.239. The molecule has 0 saturated carbocycles. The summed E-state index contributed by atoms with van der Waals surface area (Å²) in [6.07, 6.45) is 0. The van der Waals surface area contributed by atoms with Crippen molar-refractivity contribution in [3.8, 4) is 0 Å². The fourth-order valence-corrected chi connectivity index (χ4v) is 2.28. The maximum Gasteiger partial charge on any atom is 0.124 e. The molecule has 0 unspecified atom stereocenters. The van der Waals surface area contributed by atoms with E-state index in [0.717, 1.165) is 16.7 Å². The van der Waals surface area contributed by atoms with Crippen LogP contribution >= 0.6 is 38.5 Å². The summed E-state index contributed by atoms with van der Waals surface area (Å²) in [4.78, 5) is 0. The van der Waals surface area contributed by atoms with Gasteiger partial charge in [0.1, 0.15) is 5.82 Å². The highest BCUT2D eigenvalue weighted by Gasteiger charge is 2.01. The lowest BCUT2D eigenvalue weighted by atomic mass is 10.2. The Morgan fingerprint density at radius 2 is 1.82 bits per heavy atom. The summed E-state index contributed by atoms with van der Waals surface area (Å²) in [6.45, 7) is 0.723. The molecule has 0 aliphatic rings. The van der Waals surface area contributed by atoms with Crippen LogP contribution in [0.4, 0.5) is 10.1 Å². The van der Waals surface area contributed by atoms with Crippen molar-refractivity contribution < 1.29 is 4.39 Å². The molecule has 0 aliphatic carbocycles. The highest BCUT2D eigenvalue weighted by Crippen LogP contribution is 2.23. The second-order valence-corrected chi connectivity index (χ2v) is 5.70. The zero-order valence-electron chi connectivity index (χ0n) is 8.88. The first-order chi connectivity index (χ1) is 8.15. The molecule has 2 aromatic rings. The molecule has 0 fully saturated rings. The molecule has 2 rings (SSSR count). The van der Waals surface area contributed by atoms with Gasteiger partial charge in [-0.05, 0) is 74.4 Å². The van der Waals surface area contributed by atoms with Gasteiger partial charge < -0.3 is 5.32 Å². The van der Waals surface area contributed by atoms with Crippen molar-refractivity contribution in [3.63, 3.8) is 0 Å². The number of hydrogen-bond acceptors (Lipinski definition) is 1. The van der Waals surface area contributed by atoms with Crippen molar-refractivity contribution >= 4 is 44.2 Å². The van der Waals surface area contributed by atoms with Gasteiger partial charge >= 0.3 is 0 Å². The molecule has 17 heavy (non-hydrogen) atoms. The van der Waals surface area contributed by atoms with Gasteiger partial charge in [-0.15, -0.1) is 0 Å². The molecule has 1 nitrogen and oxygen atoms in total. The quantitative estimate of drug-likeness (QED) is 0.723. The Bertz CT molecular complexity index is 513. The number of rotatable bonds is 3. The van der Waals surface area contributed by atoms with Crippen LogP contribution in [0.3, 0.4) is 0 Å². The molecule has 2 aromatic carbocycles. The number of nitrogens with one attached hydrogen (secondary N) is 1. The fraction of sp³-hybridized carbons (Fsp3) is 0.0769. The zero-order chi connectivity index (χ0) is 12.3. The van der Waals surface area contributed by atoms with E-state index in [2.05, 4.69) is 68.1 Å². The lowest BCUT2D eigenvalue weighted by Gasteiger charge is -2.08. The fourth-order valence-electron chi connectivity index (χ4n) is 1.43. The Hall–Kier alpha value is -0.620. The van der Waals surface area contributed by atoms with E-state index in [1.165, 1.54) is 21.3 Å². The van der Waals surface area contributed by atoms with Gasteiger partial charge in [-0.3, -0.25) is 0 Å². The molecule has 0 radical (unpaired) electrons. The summed E-state index contributed by atoms with van der Waals surface area (Å²) in [7, 11) is 0. The van der Waals surface area contributed by atoms with Crippen LogP contribution in [0.25, 0.3) is 0 Å². The number of anilines is 1. The van der Waals surface area contributed by atoms with Crippen LogP contribution in [-0.4, -0.2) is 0 Å². The van der Waals surface area contributed by atoms with Crippen LogP contribution in [0.1, 0.15) is 5.56 Å². The molecule has 88 valence electrons. The van der Waals surface area contributed by atoms with Crippen molar-refractivity contribution in [1.82, 2.24) is 0 Å². The summed E-state index contributed by atoms with van der Waals surface area (Å²) in [5.41, 5.74) is 2.09. The first kappa shape index (κ1) is 12.8. The molecule has 0 heterocycles. The van der Waals surface area contributed by atoms with E-state index in [0.29, 0.717) is 0 Å². The van der Waals surface area contributed by atoms with Gasteiger partial charge in [0.2, 0.25) is 0 Å². The highest BCUT2D eigenvalue weighted by molar-refractivity contribution is 14.1. The second kappa shape index (κ2) is 5.82. The van der Waals surface area contributed by atoms with Crippen LogP contribution in [0.5, 0.6) is 0 Å². The average Bonchev–Trinajstić information content (AvgIpc) is 2.30. The van der Waals surface area contributed by atoms with Crippen molar-refractivity contribution in [2.75, 3.05) is 5.32 Å². The largest absolute Gasteiger partial charge is 0.380 e. The Morgan fingerprint density at radius 3 is 2.47 bits per heavy atom. The Morgan fingerprint density at radius 1 is 1.12 bits per heavy atom. The molecule has 0 aliphatic heterocycles. The smallest absolute Gasteiger partial charge is 0.124 e. The molecule has 4 heteroatoms. The minimum absolute atomic E-state index is 0.239. The Kier molecular flexibility index (Phi) is 4.39. The van der Waals surface area contributed by atoms with E-state index >= 15 is 0 Å². The maximum atomic E-state index is 12.9. The molecule has 0 bridgehead atoms. The first-order valence-electron chi connectivity index (χ1n) is 5.08.